The van der Waals surface area contributed by atoms with Crippen LogP contribution in [0.5, 0.6) is 17.2 Å². The number of anilines is 4. The second-order valence-corrected chi connectivity index (χ2v) is 14.6. The number of ether oxygens (including phenoxy) is 2. The van der Waals surface area contributed by atoms with Crippen LogP contribution in [0.1, 0.15) is 85.9 Å². The van der Waals surface area contributed by atoms with Gasteiger partial charge in [-0.3, -0.25) is 34.1 Å². The van der Waals surface area contributed by atoms with Crippen LogP contribution < -0.4 is 36.1 Å². The summed E-state index contributed by atoms with van der Waals surface area (Å²) in [6, 6.07) is 20.6. The number of nitro benzene ring substituents is 1. The van der Waals surface area contributed by atoms with E-state index in [0.29, 0.717) is 0 Å². The minimum Gasteiger partial charge on any atom is -0.504 e. The van der Waals surface area contributed by atoms with E-state index in [1.54, 1.807) is 27.7 Å². The number of phenols is 1. The van der Waals surface area contributed by atoms with E-state index >= 15 is 0 Å². The number of phenolic OH excluding ortho intramolecular Hbond substituents is 1. The summed E-state index contributed by atoms with van der Waals surface area (Å²) in [7, 11) is 0. The first kappa shape index (κ1) is 47.2. The van der Waals surface area contributed by atoms with Crippen molar-refractivity contribution in [3.63, 3.8) is 0 Å². The molecule has 20 heteroatoms. The maximum absolute atomic E-state index is 13.4. The van der Waals surface area contributed by atoms with Gasteiger partial charge in [-0.2, -0.15) is 0 Å². The van der Waals surface area contributed by atoms with Crippen molar-refractivity contribution in [2.75, 3.05) is 21.3 Å². The molecule has 0 bridgehead atoms. The van der Waals surface area contributed by atoms with Crippen molar-refractivity contribution < 1.29 is 63.3 Å². The molecule has 0 radical (unpaired) electrons. The topological polar surface area (TPSA) is 302 Å². The van der Waals surface area contributed by atoms with E-state index in [1.165, 1.54) is 103 Å². The fraction of sp³-hybridized carbons (Fsp3) is 0.178. The van der Waals surface area contributed by atoms with Crippen LogP contribution >= 0.6 is 0 Å². The lowest BCUT2D eigenvalue weighted by atomic mass is 10.1. The van der Waals surface area contributed by atoms with Gasteiger partial charge >= 0.3 is 11.9 Å². The zero-order chi connectivity index (χ0) is 47.5. The van der Waals surface area contributed by atoms with Crippen LogP contribution in [0.25, 0.3) is 0 Å². The highest BCUT2D eigenvalue weighted by atomic mass is 16.6. The molecule has 20 nitrogen and oxygen atoms in total. The number of non-ortho nitro benzene ring substituents is 1. The number of hydrogen-bond acceptors (Lipinski definition) is 12. The Bertz CT molecular complexity index is 2650. The third-order valence-electron chi connectivity index (χ3n) is 8.99. The Morgan fingerprint density at radius 1 is 0.600 bits per heavy atom. The van der Waals surface area contributed by atoms with E-state index < -0.39 is 70.7 Å². The maximum atomic E-state index is 13.4. The highest BCUT2D eigenvalue weighted by Crippen LogP contribution is 2.39. The second kappa shape index (κ2) is 20.8. The number of aromatic hydroxyl groups is 1. The highest BCUT2D eigenvalue weighted by molar-refractivity contribution is 6.10. The first-order chi connectivity index (χ1) is 30.8. The van der Waals surface area contributed by atoms with Gasteiger partial charge in [0.15, 0.2) is 11.5 Å². The molecular weight excluding hydrogens is 849 g/mol. The quantitative estimate of drug-likeness (QED) is 0.0342. The van der Waals surface area contributed by atoms with Crippen molar-refractivity contribution in [2.24, 2.45) is 0 Å². The standard InChI is InChI=1S/C45H42N6O14/c1-23(2)64-36-21-28(44(58)59)11-19-33(36)48-43(57)32-18-20-34(39(38(32)53)65-24(3)4)49-41(55)25-5-12-29(13-6-25)46-37(52)22-35(45(60)61)50-42(56)26-7-14-30(15-8-26)47-40(54)27-9-16-31(17-10-27)51(62)63/h5-21,23-24,35,53H,22H2,1-4H3,(H,46,52)(H,47,54)(H,48,57)(H,49,55)(H,50,56)(H,58,59)(H,60,61)/t35-/m0/s1. The van der Waals surface area contributed by atoms with E-state index in [9.17, 15) is 59.0 Å². The highest BCUT2D eigenvalue weighted by Gasteiger charge is 2.26. The summed E-state index contributed by atoms with van der Waals surface area (Å²) in [4.78, 5) is 98.8. The number of carboxylic acids is 2. The maximum Gasteiger partial charge on any atom is 0.335 e. The first-order valence-electron chi connectivity index (χ1n) is 19.6. The van der Waals surface area contributed by atoms with Gasteiger partial charge < -0.3 is 51.4 Å². The summed E-state index contributed by atoms with van der Waals surface area (Å²) in [5, 5.41) is 53.9. The number of nitrogens with one attached hydrogen (secondary N) is 5. The molecule has 5 aromatic carbocycles. The number of carbonyl (C=O) groups is 7. The summed E-state index contributed by atoms with van der Waals surface area (Å²) >= 11 is 0. The molecule has 5 amide bonds. The lowest BCUT2D eigenvalue weighted by Gasteiger charge is -2.19. The number of rotatable bonds is 18. The number of carboxylic acid groups (broad SMARTS) is 2. The van der Waals surface area contributed by atoms with Crippen molar-refractivity contribution in [1.29, 1.82) is 0 Å². The van der Waals surface area contributed by atoms with Crippen molar-refractivity contribution in [3.05, 3.63) is 141 Å². The van der Waals surface area contributed by atoms with Crippen LogP contribution in [-0.2, 0) is 9.59 Å². The molecule has 5 rings (SSSR count). The number of aliphatic carboxylic acids is 1. The van der Waals surface area contributed by atoms with Crippen LogP contribution in [0.2, 0.25) is 0 Å². The average molecular weight is 891 g/mol. The number of aromatic carboxylic acids is 1. The number of carbonyl (C=O) groups excluding carboxylic acids is 5. The van der Waals surface area contributed by atoms with Crippen molar-refractivity contribution >= 4 is 69.9 Å². The monoisotopic (exact) mass is 890 g/mol. The van der Waals surface area contributed by atoms with E-state index in [1.807, 2.05) is 0 Å². The van der Waals surface area contributed by atoms with Gasteiger partial charge in [0.1, 0.15) is 11.8 Å². The zero-order valence-electron chi connectivity index (χ0n) is 35.0. The smallest absolute Gasteiger partial charge is 0.335 e. The molecule has 0 aliphatic heterocycles. The molecule has 0 aromatic heterocycles. The Morgan fingerprint density at radius 3 is 1.63 bits per heavy atom. The summed E-state index contributed by atoms with van der Waals surface area (Å²) in [6.07, 6.45) is -1.56. The normalized spacial score (nSPS) is 11.2. The van der Waals surface area contributed by atoms with Crippen LogP contribution in [0.3, 0.4) is 0 Å². The minimum absolute atomic E-state index is 0.00826. The number of hydrogen-bond donors (Lipinski definition) is 8. The number of nitrogens with zero attached hydrogens (tertiary/aromatic N) is 1. The molecule has 0 aliphatic rings. The Balaban J connectivity index is 1.19. The second-order valence-electron chi connectivity index (χ2n) is 14.6. The van der Waals surface area contributed by atoms with Gasteiger partial charge in [0, 0.05) is 40.2 Å². The van der Waals surface area contributed by atoms with Crippen LogP contribution in [0.4, 0.5) is 28.4 Å². The summed E-state index contributed by atoms with van der Waals surface area (Å²) in [6.45, 7) is 6.76. The van der Waals surface area contributed by atoms with Gasteiger partial charge in [-0.1, -0.05) is 0 Å². The molecule has 5 aromatic rings. The SMILES string of the molecule is CC(C)Oc1cc(C(=O)O)ccc1NC(=O)c1ccc(NC(=O)c2ccc(NC(=O)C[C@H](NC(=O)c3ccc(NC(=O)c4ccc([N+](=O)[O-])cc4)cc3)C(=O)O)cc2)c(OC(C)C)c1O. The lowest BCUT2D eigenvalue weighted by Crippen LogP contribution is -2.43. The van der Waals surface area contributed by atoms with Crippen LogP contribution in [0.15, 0.2) is 103 Å². The van der Waals surface area contributed by atoms with Gasteiger partial charge in [0.25, 0.3) is 29.3 Å². The van der Waals surface area contributed by atoms with Gasteiger partial charge in [-0.25, -0.2) is 9.59 Å². The number of benzene rings is 5. The zero-order valence-corrected chi connectivity index (χ0v) is 35.0. The minimum atomic E-state index is -1.65. The van der Waals surface area contributed by atoms with Crippen LogP contribution in [0, 0.1) is 10.1 Å². The van der Waals surface area contributed by atoms with E-state index in [-0.39, 0.29) is 73.9 Å². The third kappa shape index (κ3) is 12.6. The predicted octanol–water partition coefficient (Wildman–Crippen LogP) is 6.54. The average Bonchev–Trinajstić information content (AvgIpc) is 3.25. The lowest BCUT2D eigenvalue weighted by molar-refractivity contribution is -0.384. The molecule has 0 saturated heterocycles. The molecule has 0 spiro atoms. The Morgan fingerprint density at radius 2 is 1.09 bits per heavy atom. The Hall–Kier alpha value is -8.81. The Kier molecular flexibility index (Phi) is 15.1. The molecule has 0 fully saturated rings. The molecule has 0 heterocycles. The largest absolute Gasteiger partial charge is 0.504 e. The third-order valence-corrected chi connectivity index (χ3v) is 8.99. The molecule has 336 valence electrons. The molecule has 0 saturated carbocycles. The first-order valence-corrected chi connectivity index (χ1v) is 19.6. The summed E-state index contributed by atoms with van der Waals surface area (Å²) in [5.74, 6) is -7.05. The summed E-state index contributed by atoms with van der Waals surface area (Å²) < 4.78 is 11.5. The predicted molar refractivity (Wildman–Crippen MR) is 235 cm³/mol. The molecule has 0 unspecified atom stereocenters. The van der Waals surface area contributed by atoms with Crippen molar-refractivity contribution in [2.45, 2.75) is 52.4 Å². The molecule has 1 atom stereocenters. The van der Waals surface area contributed by atoms with Gasteiger partial charge in [0.2, 0.25) is 5.91 Å². The van der Waals surface area contributed by atoms with Crippen molar-refractivity contribution in [1.82, 2.24) is 5.32 Å². The van der Waals surface area contributed by atoms with E-state index in [2.05, 4.69) is 26.6 Å². The van der Waals surface area contributed by atoms with Crippen molar-refractivity contribution in [3.8, 4) is 17.2 Å². The summed E-state index contributed by atoms with van der Waals surface area (Å²) in [5.41, 5.74) is 0.381. The van der Waals surface area contributed by atoms with E-state index in [0.717, 1.165) is 0 Å². The molecule has 8 N–H and O–H groups in total. The molecule has 65 heavy (non-hydrogen) atoms. The number of nitro groups is 1. The fourth-order valence-corrected chi connectivity index (χ4v) is 5.89. The molecular formula is C45H42N6O14. The van der Waals surface area contributed by atoms with Gasteiger partial charge in [0.05, 0.1) is 46.1 Å². The van der Waals surface area contributed by atoms with Crippen LogP contribution in [-0.4, -0.2) is 80.0 Å². The van der Waals surface area contributed by atoms with Gasteiger partial charge in [-0.05, 0) is 119 Å². The molecule has 0 aliphatic carbocycles. The van der Waals surface area contributed by atoms with E-state index in [4.69, 9.17) is 9.47 Å². The Labute approximate surface area is 369 Å². The fourth-order valence-electron chi connectivity index (χ4n) is 5.89. The number of amides is 5. The van der Waals surface area contributed by atoms with Gasteiger partial charge in [-0.15, -0.1) is 0 Å².